The van der Waals surface area contributed by atoms with Gasteiger partial charge >= 0.3 is 12.1 Å². The Kier molecular flexibility index (Phi) is 3.84. The molecule has 0 heterocycles. The van der Waals surface area contributed by atoms with Gasteiger partial charge in [-0.2, -0.15) is 13.2 Å². The second kappa shape index (κ2) is 4.15. The van der Waals surface area contributed by atoms with E-state index in [0.29, 0.717) is 0 Å². The van der Waals surface area contributed by atoms with Gasteiger partial charge < -0.3 is 4.74 Å². The lowest BCUT2D eigenvalue weighted by molar-refractivity contribution is -0.159. The summed E-state index contributed by atoms with van der Waals surface area (Å²) in [6, 6.07) is 0. The van der Waals surface area contributed by atoms with E-state index in [1.54, 1.807) is 0 Å². The van der Waals surface area contributed by atoms with E-state index in [1.165, 1.54) is 0 Å². The Bertz CT molecular complexity index is 131. The molecule has 0 aliphatic rings. The van der Waals surface area contributed by atoms with Gasteiger partial charge in [-0.05, 0) is 0 Å². The second-order valence-corrected chi connectivity index (χ2v) is 1.72. The smallest absolute Gasteiger partial charge is 0.392 e. The number of rotatable bonds is 3. The Morgan fingerprint density at radius 2 is 1.91 bits per heavy atom. The van der Waals surface area contributed by atoms with Gasteiger partial charge in [0.15, 0.2) is 6.67 Å². The highest BCUT2D eigenvalue weighted by Crippen LogP contribution is 2.18. The van der Waals surface area contributed by atoms with Gasteiger partial charge in [-0.3, -0.25) is 0 Å². The summed E-state index contributed by atoms with van der Waals surface area (Å²) in [5, 5.41) is 0. The van der Waals surface area contributed by atoms with Crippen molar-refractivity contribution in [2.45, 2.75) is 12.6 Å². The molecule has 0 aromatic heterocycles. The van der Waals surface area contributed by atoms with Crippen LogP contribution in [0.15, 0.2) is 0 Å². The number of carbonyl (C=O) groups excluding carboxylic acids is 1. The zero-order valence-corrected chi connectivity index (χ0v) is 5.45. The van der Waals surface area contributed by atoms with Crippen molar-refractivity contribution in [3.05, 3.63) is 0 Å². The molecule has 0 spiro atoms. The predicted molar refractivity (Wildman–Crippen MR) is 27.6 cm³/mol. The number of carbonyl (C=O) groups is 1. The van der Waals surface area contributed by atoms with Crippen molar-refractivity contribution >= 4 is 5.97 Å². The standard InChI is InChI=1S/C5H6F4O2/c6-3-4(10)11-2-1-5(7,8)9/h1-3H2. The van der Waals surface area contributed by atoms with Crippen LogP contribution in [-0.4, -0.2) is 25.4 Å². The summed E-state index contributed by atoms with van der Waals surface area (Å²) < 4.78 is 49.1. The fraction of sp³-hybridized carbons (Fsp3) is 0.800. The Labute approximate surface area is 60.1 Å². The minimum Gasteiger partial charge on any atom is -0.463 e. The van der Waals surface area contributed by atoms with Crippen LogP contribution in [0.25, 0.3) is 0 Å². The molecule has 0 aromatic rings. The van der Waals surface area contributed by atoms with E-state index < -0.39 is 31.8 Å². The van der Waals surface area contributed by atoms with E-state index in [4.69, 9.17) is 0 Å². The lowest BCUT2D eigenvalue weighted by Gasteiger charge is -2.05. The Morgan fingerprint density at radius 1 is 1.36 bits per heavy atom. The third kappa shape index (κ3) is 7.08. The monoisotopic (exact) mass is 174 g/mol. The number of ether oxygens (including phenoxy) is 1. The maximum absolute atomic E-state index is 11.3. The Hall–Kier alpha value is -0.810. The van der Waals surface area contributed by atoms with Crippen LogP contribution in [0.4, 0.5) is 17.6 Å². The predicted octanol–water partition coefficient (Wildman–Crippen LogP) is 1.45. The molecule has 0 N–H and O–H groups in total. The summed E-state index contributed by atoms with van der Waals surface area (Å²) in [4.78, 5) is 9.93. The average Bonchev–Trinajstić information content (AvgIpc) is 1.85. The van der Waals surface area contributed by atoms with Crippen molar-refractivity contribution in [1.82, 2.24) is 0 Å². The third-order valence-corrected chi connectivity index (χ3v) is 0.758. The summed E-state index contributed by atoms with van der Waals surface area (Å²) in [6.45, 7) is -2.20. The molecule has 0 amide bonds. The topological polar surface area (TPSA) is 26.3 Å². The molecule has 6 heteroatoms. The molecule has 2 nitrogen and oxygen atoms in total. The summed E-state index contributed by atoms with van der Waals surface area (Å²) in [5.74, 6) is -1.27. The molecule has 0 fully saturated rings. The highest BCUT2D eigenvalue weighted by atomic mass is 19.4. The zero-order valence-electron chi connectivity index (χ0n) is 5.45. The van der Waals surface area contributed by atoms with Gasteiger partial charge in [0.05, 0.1) is 6.42 Å². The first-order valence-electron chi connectivity index (χ1n) is 2.74. The molecule has 11 heavy (non-hydrogen) atoms. The van der Waals surface area contributed by atoms with Crippen molar-refractivity contribution in [3.8, 4) is 0 Å². The van der Waals surface area contributed by atoms with Crippen LogP contribution in [0.3, 0.4) is 0 Å². The van der Waals surface area contributed by atoms with Crippen LogP contribution in [-0.2, 0) is 9.53 Å². The van der Waals surface area contributed by atoms with Gasteiger partial charge in [-0.1, -0.05) is 0 Å². The molecule has 0 saturated carbocycles. The van der Waals surface area contributed by atoms with Crippen LogP contribution in [0.2, 0.25) is 0 Å². The molecular formula is C5H6F4O2. The molecule has 0 aromatic carbocycles. The van der Waals surface area contributed by atoms with Crippen molar-refractivity contribution in [3.63, 3.8) is 0 Å². The molecule has 0 atom stereocenters. The molecule has 0 aliphatic heterocycles. The van der Waals surface area contributed by atoms with Gasteiger partial charge in [0.1, 0.15) is 6.61 Å². The van der Waals surface area contributed by atoms with E-state index in [9.17, 15) is 22.4 Å². The van der Waals surface area contributed by atoms with Crippen molar-refractivity contribution in [2.75, 3.05) is 13.3 Å². The fourth-order valence-corrected chi connectivity index (χ4v) is 0.319. The molecular weight excluding hydrogens is 168 g/mol. The van der Waals surface area contributed by atoms with Gasteiger partial charge in [0.25, 0.3) is 0 Å². The summed E-state index contributed by atoms with van der Waals surface area (Å²) >= 11 is 0. The van der Waals surface area contributed by atoms with Crippen LogP contribution in [0.1, 0.15) is 6.42 Å². The summed E-state index contributed by atoms with van der Waals surface area (Å²) in [7, 11) is 0. The van der Waals surface area contributed by atoms with E-state index in [1.807, 2.05) is 0 Å². The summed E-state index contributed by atoms with van der Waals surface area (Å²) in [5.41, 5.74) is 0. The highest BCUT2D eigenvalue weighted by molar-refractivity contribution is 5.70. The normalized spacial score (nSPS) is 11.3. The van der Waals surface area contributed by atoms with Crippen LogP contribution >= 0.6 is 0 Å². The number of halogens is 4. The van der Waals surface area contributed by atoms with E-state index in [2.05, 4.69) is 4.74 Å². The molecule has 0 aliphatic carbocycles. The average molecular weight is 174 g/mol. The van der Waals surface area contributed by atoms with Crippen molar-refractivity contribution in [2.24, 2.45) is 0 Å². The third-order valence-electron chi connectivity index (χ3n) is 0.758. The maximum atomic E-state index is 11.3. The highest BCUT2D eigenvalue weighted by Gasteiger charge is 2.27. The first-order valence-corrected chi connectivity index (χ1v) is 2.74. The lowest BCUT2D eigenvalue weighted by atomic mass is 10.4. The maximum Gasteiger partial charge on any atom is 0.392 e. The first kappa shape index (κ1) is 10.2. The quantitative estimate of drug-likeness (QED) is 0.478. The van der Waals surface area contributed by atoms with E-state index in [0.717, 1.165) is 0 Å². The molecule has 66 valence electrons. The van der Waals surface area contributed by atoms with Crippen LogP contribution in [0.5, 0.6) is 0 Å². The number of alkyl halides is 4. The molecule has 0 saturated heterocycles. The number of hydrogen-bond donors (Lipinski definition) is 0. The number of hydrogen-bond acceptors (Lipinski definition) is 2. The van der Waals surface area contributed by atoms with Crippen LogP contribution in [0, 0.1) is 0 Å². The van der Waals surface area contributed by atoms with E-state index in [-0.39, 0.29) is 0 Å². The van der Waals surface area contributed by atoms with Crippen molar-refractivity contribution in [1.29, 1.82) is 0 Å². The number of esters is 1. The molecule has 0 unspecified atom stereocenters. The molecule has 0 rings (SSSR count). The minimum absolute atomic E-state index is 0.813. The van der Waals surface area contributed by atoms with Crippen molar-refractivity contribution < 1.29 is 27.1 Å². The van der Waals surface area contributed by atoms with Crippen LogP contribution < -0.4 is 0 Å². The SMILES string of the molecule is O=C(CF)OCCC(F)(F)F. The molecule has 0 bridgehead atoms. The molecule has 0 radical (unpaired) electrons. The van der Waals surface area contributed by atoms with Gasteiger partial charge in [0, 0.05) is 0 Å². The largest absolute Gasteiger partial charge is 0.463 e. The van der Waals surface area contributed by atoms with Gasteiger partial charge in [-0.15, -0.1) is 0 Å². The Balaban J connectivity index is 3.35. The van der Waals surface area contributed by atoms with Gasteiger partial charge in [-0.25, -0.2) is 9.18 Å². The zero-order chi connectivity index (χ0) is 8.91. The fourth-order valence-electron chi connectivity index (χ4n) is 0.319. The first-order chi connectivity index (χ1) is 4.95. The minimum atomic E-state index is -4.36. The lowest BCUT2D eigenvalue weighted by Crippen LogP contribution is -2.15. The van der Waals surface area contributed by atoms with Gasteiger partial charge in [0.2, 0.25) is 0 Å². The Morgan fingerprint density at radius 3 is 2.27 bits per heavy atom. The van der Waals surface area contributed by atoms with E-state index >= 15 is 0 Å². The second-order valence-electron chi connectivity index (χ2n) is 1.72. The summed E-state index contributed by atoms with van der Waals surface area (Å²) in [6.07, 6.45) is -5.60.